The molecule has 1 fully saturated rings. The van der Waals surface area contributed by atoms with Gasteiger partial charge in [-0.05, 0) is 42.9 Å². The van der Waals surface area contributed by atoms with Crippen LogP contribution in [-0.2, 0) is 5.60 Å². The summed E-state index contributed by atoms with van der Waals surface area (Å²) >= 11 is 7.58. The molecule has 0 radical (unpaired) electrons. The van der Waals surface area contributed by atoms with E-state index in [1.807, 2.05) is 24.5 Å². The van der Waals surface area contributed by atoms with Crippen LogP contribution in [0.4, 0.5) is 0 Å². The van der Waals surface area contributed by atoms with E-state index < -0.39 is 5.60 Å². The largest absolute Gasteiger partial charge is 0.385 e. The summed E-state index contributed by atoms with van der Waals surface area (Å²) in [4.78, 5) is 1.11. The van der Waals surface area contributed by atoms with Crippen molar-refractivity contribution in [2.45, 2.75) is 23.3 Å². The van der Waals surface area contributed by atoms with Crippen LogP contribution < -0.4 is 0 Å². The molecule has 1 aromatic carbocycles. The van der Waals surface area contributed by atoms with E-state index in [0.29, 0.717) is 5.02 Å². The molecule has 13 heavy (non-hydrogen) atoms. The predicted molar refractivity (Wildman–Crippen MR) is 56.4 cm³/mol. The maximum atomic E-state index is 9.88. The summed E-state index contributed by atoms with van der Waals surface area (Å²) in [7, 11) is 0. The van der Waals surface area contributed by atoms with E-state index in [2.05, 4.69) is 0 Å². The molecule has 0 atom stereocenters. The summed E-state index contributed by atoms with van der Waals surface area (Å²) in [5, 5.41) is 10.6. The van der Waals surface area contributed by atoms with E-state index in [1.165, 1.54) is 0 Å². The Morgan fingerprint density at radius 3 is 2.62 bits per heavy atom. The first-order valence-electron chi connectivity index (χ1n) is 4.21. The molecule has 0 spiro atoms. The number of thioether (sulfide) groups is 1. The third-order valence-electron chi connectivity index (χ3n) is 2.37. The van der Waals surface area contributed by atoms with Crippen LogP contribution in [0.3, 0.4) is 0 Å². The molecule has 2 rings (SSSR count). The van der Waals surface area contributed by atoms with E-state index in [4.69, 9.17) is 11.6 Å². The van der Waals surface area contributed by atoms with Crippen molar-refractivity contribution in [3.05, 3.63) is 28.8 Å². The SMILES string of the molecule is CSc1cc(Cl)cc(C2(O)CC2)c1. The highest BCUT2D eigenvalue weighted by Gasteiger charge is 2.42. The molecule has 1 aliphatic rings. The second-order valence-corrected chi connectivity index (χ2v) is 4.73. The van der Waals surface area contributed by atoms with Gasteiger partial charge in [-0.1, -0.05) is 11.6 Å². The van der Waals surface area contributed by atoms with Gasteiger partial charge in [0.2, 0.25) is 0 Å². The lowest BCUT2D eigenvalue weighted by Gasteiger charge is -2.09. The molecule has 0 bridgehead atoms. The fourth-order valence-electron chi connectivity index (χ4n) is 1.36. The molecule has 1 aliphatic carbocycles. The molecule has 0 saturated heterocycles. The van der Waals surface area contributed by atoms with Crippen LogP contribution >= 0.6 is 23.4 Å². The number of halogens is 1. The molecule has 1 saturated carbocycles. The zero-order chi connectivity index (χ0) is 9.47. The van der Waals surface area contributed by atoms with Crippen molar-refractivity contribution in [3.63, 3.8) is 0 Å². The van der Waals surface area contributed by atoms with Crippen LogP contribution in [-0.4, -0.2) is 11.4 Å². The van der Waals surface area contributed by atoms with Crippen molar-refractivity contribution in [2.75, 3.05) is 6.26 Å². The predicted octanol–water partition coefficient (Wildman–Crippen LogP) is 3.04. The van der Waals surface area contributed by atoms with Gasteiger partial charge in [0.15, 0.2) is 0 Å². The quantitative estimate of drug-likeness (QED) is 0.764. The molecular weight excluding hydrogens is 204 g/mol. The van der Waals surface area contributed by atoms with Gasteiger partial charge in [-0.25, -0.2) is 0 Å². The van der Waals surface area contributed by atoms with Crippen LogP contribution in [0, 0.1) is 0 Å². The zero-order valence-electron chi connectivity index (χ0n) is 7.38. The summed E-state index contributed by atoms with van der Waals surface area (Å²) in [5.74, 6) is 0. The van der Waals surface area contributed by atoms with Gasteiger partial charge < -0.3 is 5.11 Å². The fraction of sp³-hybridized carbons (Fsp3) is 0.400. The van der Waals surface area contributed by atoms with Gasteiger partial charge in [0.1, 0.15) is 0 Å². The van der Waals surface area contributed by atoms with Crippen LogP contribution in [0.15, 0.2) is 23.1 Å². The Hall–Kier alpha value is -0.180. The smallest absolute Gasteiger partial charge is 0.0899 e. The average Bonchev–Trinajstić information content (AvgIpc) is 2.84. The van der Waals surface area contributed by atoms with E-state index in [0.717, 1.165) is 23.3 Å². The van der Waals surface area contributed by atoms with Crippen LogP contribution in [0.25, 0.3) is 0 Å². The summed E-state index contributed by atoms with van der Waals surface area (Å²) in [5.41, 5.74) is 0.388. The fourth-order valence-corrected chi connectivity index (χ4v) is 2.15. The molecule has 3 heteroatoms. The molecule has 1 aromatic rings. The van der Waals surface area contributed by atoms with Crippen molar-refractivity contribution in [1.29, 1.82) is 0 Å². The number of rotatable bonds is 2. The molecular formula is C10H11ClOS. The van der Waals surface area contributed by atoms with Crippen molar-refractivity contribution < 1.29 is 5.11 Å². The Kier molecular flexibility index (Phi) is 2.30. The number of hydrogen-bond donors (Lipinski definition) is 1. The molecule has 0 amide bonds. The molecule has 0 aromatic heterocycles. The Balaban J connectivity index is 2.40. The Morgan fingerprint density at radius 2 is 2.08 bits per heavy atom. The molecule has 0 heterocycles. The first kappa shape index (κ1) is 9.38. The topological polar surface area (TPSA) is 20.2 Å². The monoisotopic (exact) mass is 214 g/mol. The molecule has 0 aliphatic heterocycles. The molecule has 0 unspecified atom stereocenters. The average molecular weight is 215 g/mol. The van der Waals surface area contributed by atoms with Crippen molar-refractivity contribution in [3.8, 4) is 0 Å². The summed E-state index contributed by atoms with van der Waals surface area (Å²) in [6.07, 6.45) is 3.73. The second kappa shape index (κ2) is 3.19. The summed E-state index contributed by atoms with van der Waals surface area (Å²) in [6.45, 7) is 0. The highest BCUT2D eigenvalue weighted by Crippen LogP contribution is 2.46. The summed E-state index contributed by atoms with van der Waals surface area (Å²) < 4.78 is 0. The normalized spacial score (nSPS) is 18.7. The van der Waals surface area contributed by atoms with Gasteiger partial charge in [-0.15, -0.1) is 11.8 Å². The molecule has 70 valence electrons. The van der Waals surface area contributed by atoms with Gasteiger partial charge in [0.25, 0.3) is 0 Å². The highest BCUT2D eigenvalue weighted by molar-refractivity contribution is 7.98. The van der Waals surface area contributed by atoms with E-state index in [1.54, 1.807) is 11.8 Å². The number of hydrogen-bond acceptors (Lipinski definition) is 2. The summed E-state index contributed by atoms with van der Waals surface area (Å²) in [6, 6.07) is 5.79. The van der Waals surface area contributed by atoms with Gasteiger partial charge in [0.05, 0.1) is 5.60 Å². The second-order valence-electron chi connectivity index (χ2n) is 3.41. The van der Waals surface area contributed by atoms with Crippen molar-refractivity contribution in [2.24, 2.45) is 0 Å². The standard InChI is InChI=1S/C10H11ClOS/c1-13-9-5-7(4-8(11)6-9)10(12)2-3-10/h4-6,12H,2-3H2,1H3. The Bertz CT molecular complexity index is 334. The lowest BCUT2D eigenvalue weighted by Crippen LogP contribution is -2.03. The lowest BCUT2D eigenvalue weighted by atomic mass is 10.1. The third-order valence-corrected chi connectivity index (χ3v) is 3.29. The zero-order valence-corrected chi connectivity index (χ0v) is 8.95. The molecule has 1 N–H and O–H groups in total. The minimum atomic E-state index is -0.574. The lowest BCUT2D eigenvalue weighted by molar-refractivity contribution is 0.151. The minimum absolute atomic E-state index is 0.574. The number of benzene rings is 1. The molecule has 1 nitrogen and oxygen atoms in total. The van der Waals surface area contributed by atoms with Gasteiger partial charge in [-0.3, -0.25) is 0 Å². The van der Waals surface area contributed by atoms with E-state index in [-0.39, 0.29) is 0 Å². The van der Waals surface area contributed by atoms with Crippen LogP contribution in [0.2, 0.25) is 5.02 Å². The van der Waals surface area contributed by atoms with Crippen molar-refractivity contribution in [1.82, 2.24) is 0 Å². The van der Waals surface area contributed by atoms with E-state index in [9.17, 15) is 5.11 Å². The van der Waals surface area contributed by atoms with Gasteiger partial charge >= 0.3 is 0 Å². The van der Waals surface area contributed by atoms with Crippen molar-refractivity contribution >= 4 is 23.4 Å². The first-order chi connectivity index (χ1) is 6.14. The number of aliphatic hydroxyl groups is 1. The maximum Gasteiger partial charge on any atom is 0.0899 e. The maximum absolute atomic E-state index is 9.88. The van der Waals surface area contributed by atoms with Gasteiger partial charge in [-0.2, -0.15) is 0 Å². The Labute approximate surface area is 87.1 Å². The highest BCUT2D eigenvalue weighted by atomic mass is 35.5. The van der Waals surface area contributed by atoms with Gasteiger partial charge in [0, 0.05) is 9.92 Å². The van der Waals surface area contributed by atoms with E-state index >= 15 is 0 Å². The Morgan fingerprint density at radius 1 is 1.38 bits per heavy atom. The van der Waals surface area contributed by atoms with Crippen LogP contribution in [0.1, 0.15) is 18.4 Å². The van der Waals surface area contributed by atoms with Crippen LogP contribution in [0.5, 0.6) is 0 Å². The third kappa shape index (κ3) is 1.85. The first-order valence-corrected chi connectivity index (χ1v) is 5.82. The minimum Gasteiger partial charge on any atom is -0.385 e.